The van der Waals surface area contributed by atoms with E-state index < -0.39 is 6.10 Å². The number of allylic oxidation sites excluding steroid dienone is 6. The molecule has 410 valence electrons. The Hall–Kier alpha value is -2.37. The van der Waals surface area contributed by atoms with Crippen LogP contribution in [-0.2, 0) is 28.6 Å². The van der Waals surface area contributed by atoms with E-state index in [1.807, 2.05) is 0 Å². The van der Waals surface area contributed by atoms with Gasteiger partial charge >= 0.3 is 17.9 Å². The summed E-state index contributed by atoms with van der Waals surface area (Å²) >= 11 is 0. The van der Waals surface area contributed by atoms with Crippen molar-refractivity contribution in [2.45, 2.75) is 341 Å². The van der Waals surface area contributed by atoms with E-state index >= 15 is 0 Å². The molecule has 6 nitrogen and oxygen atoms in total. The molecule has 0 fully saturated rings. The fourth-order valence-corrected chi connectivity index (χ4v) is 9.18. The number of unbranched alkanes of at least 4 members (excludes halogenated alkanes) is 40. The summed E-state index contributed by atoms with van der Waals surface area (Å²) in [5, 5.41) is 0. The minimum Gasteiger partial charge on any atom is -0.462 e. The lowest BCUT2D eigenvalue weighted by molar-refractivity contribution is -0.167. The number of carbonyl (C=O) groups excluding carboxylic acids is 3. The van der Waals surface area contributed by atoms with Crippen molar-refractivity contribution in [1.82, 2.24) is 0 Å². The molecule has 0 aliphatic heterocycles. The molecule has 1 unspecified atom stereocenters. The SMILES string of the molecule is CCC/C=C\C/C=C\CCCCCCCC(=O)OCC(COC(=O)CCCCCCCCCCCCCCCCCCCCCCCCC)OC(=O)CCCCCCC/C=C\CCCCCCCCC. The van der Waals surface area contributed by atoms with Crippen LogP contribution in [0.25, 0.3) is 0 Å². The summed E-state index contributed by atoms with van der Waals surface area (Å²) in [6.07, 6.45) is 71.5. The van der Waals surface area contributed by atoms with E-state index in [9.17, 15) is 14.4 Å². The molecule has 0 aliphatic carbocycles. The van der Waals surface area contributed by atoms with Gasteiger partial charge in [0.2, 0.25) is 0 Å². The van der Waals surface area contributed by atoms with E-state index in [1.54, 1.807) is 0 Å². The first-order valence-electron chi connectivity index (χ1n) is 31.0. The molecule has 1 atom stereocenters. The van der Waals surface area contributed by atoms with Gasteiger partial charge in [0.15, 0.2) is 6.10 Å². The van der Waals surface area contributed by atoms with Crippen LogP contribution in [0.4, 0.5) is 0 Å². The number of hydrogen-bond donors (Lipinski definition) is 0. The van der Waals surface area contributed by atoms with Crippen molar-refractivity contribution >= 4 is 17.9 Å². The Morgan fingerprint density at radius 1 is 0.286 bits per heavy atom. The van der Waals surface area contributed by atoms with Crippen LogP contribution in [0.1, 0.15) is 335 Å². The lowest BCUT2D eigenvalue weighted by atomic mass is 10.0. The van der Waals surface area contributed by atoms with Gasteiger partial charge in [-0.2, -0.15) is 0 Å². The van der Waals surface area contributed by atoms with E-state index in [0.29, 0.717) is 19.3 Å². The van der Waals surface area contributed by atoms with Gasteiger partial charge in [-0.1, -0.05) is 282 Å². The van der Waals surface area contributed by atoms with Crippen molar-refractivity contribution in [2.75, 3.05) is 13.2 Å². The second-order valence-electron chi connectivity index (χ2n) is 21.0. The van der Waals surface area contributed by atoms with Gasteiger partial charge in [0, 0.05) is 19.3 Å². The summed E-state index contributed by atoms with van der Waals surface area (Å²) in [5.41, 5.74) is 0. The molecule has 0 spiro atoms. The van der Waals surface area contributed by atoms with Gasteiger partial charge in [-0.05, 0) is 70.6 Å². The molecule has 0 aromatic heterocycles. The van der Waals surface area contributed by atoms with Crippen molar-refractivity contribution in [3.63, 3.8) is 0 Å². The van der Waals surface area contributed by atoms with Gasteiger partial charge < -0.3 is 14.2 Å². The molecule has 0 aromatic carbocycles. The molecule has 0 aliphatic rings. The highest BCUT2D eigenvalue weighted by atomic mass is 16.6. The van der Waals surface area contributed by atoms with Crippen molar-refractivity contribution in [2.24, 2.45) is 0 Å². The number of rotatable bonds is 57. The van der Waals surface area contributed by atoms with Crippen LogP contribution < -0.4 is 0 Å². The molecule has 0 rings (SSSR count). The predicted octanol–water partition coefficient (Wildman–Crippen LogP) is 20.8. The van der Waals surface area contributed by atoms with Gasteiger partial charge in [0.1, 0.15) is 13.2 Å². The molecule has 0 saturated heterocycles. The van der Waals surface area contributed by atoms with E-state index in [2.05, 4.69) is 57.2 Å². The van der Waals surface area contributed by atoms with Crippen LogP contribution in [0, 0.1) is 0 Å². The zero-order chi connectivity index (χ0) is 50.7. The first-order chi connectivity index (χ1) is 34.5. The highest BCUT2D eigenvalue weighted by Crippen LogP contribution is 2.17. The Kier molecular flexibility index (Phi) is 57.2. The summed E-state index contributed by atoms with van der Waals surface area (Å²) in [7, 11) is 0. The smallest absolute Gasteiger partial charge is 0.306 e. The quantitative estimate of drug-likeness (QED) is 0.0261. The number of esters is 3. The highest BCUT2D eigenvalue weighted by molar-refractivity contribution is 5.71. The average Bonchev–Trinajstić information content (AvgIpc) is 3.36. The van der Waals surface area contributed by atoms with Crippen LogP contribution in [-0.4, -0.2) is 37.2 Å². The van der Waals surface area contributed by atoms with Crippen LogP contribution in [0.2, 0.25) is 0 Å². The summed E-state index contributed by atoms with van der Waals surface area (Å²) < 4.78 is 16.9. The van der Waals surface area contributed by atoms with Crippen molar-refractivity contribution in [3.05, 3.63) is 36.5 Å². The maximum Gasteiger partial charge on any atom is 0.306 e. The van der Waals surface area contributed by atoms with Gasteiger partial charge in [0.05, 0.1) is 0 Å². The molecule has 0 amide bonds. The Morgan fingerprint density at radius 2 is 0.543 bits per heavy atom. The Bertz CT molecular complexity index is 1170. The zero-order valence-corrected chi connectivity index (χ0v) is 47.1. The fourth-order valence-electron chi connectivity index (χ4n) is 9.18. The third-order valence-electron chi connectivity index (χ3n) is 13.8. The Balaban J connectivity index is 4.27. The highest BCUT2D eigenvalue weighted by Gasteiger charge is 2.19. The van der Waals surface area contributed by atoms with Gasteiger partial charge in [-0.25, -0.2) is 0 Å². The Labute approximate surface area is 435 Å². The zero-order valence-electron chi connectivity index (χ0n) is 47.1. The second kappa shape index (κ2) is 59.2. The first-order valence-corrected chi connectivity index (χ1v) is 31.0. The van der Waals surface area contributed by atoms with E-state index in [-0.39, 0.29) is 31.1 Å². The van der Waals surface area contributed by atoms with Crippen LogP contribution >= 0.6 is 0 Å². The molecular formula is C64H118O6. The fraction of sp³-hybridized carbons (Fsp3) is 0.859. The molecule has 0 bridgehead atoms. The molecular weight excluding hydrogens is 865 g/mol. The lowest BCUT2D eigenvalue weighted by Gasteiger charge is -2.18. The molecule has 0 saturated carbocycles. The summed E-state index contributed by atoms with van der Waals surface area (Å²) in [6.45, 7) is 6.61. The van der Waals surface area contributed by atoms with Gasteiger partial charge in [-0.15, -0.1) is 0 Å². The first kappa shape index (κ1) is 67.6. The third kappa shape index (κ3) is 56.5. The molecule has 0 aromatic rings. The maximum atomic E-state index is 12.9. The average molecular weight is 984 g/mol. The second-order valence-corrected chi connectivity index (χ2v) is 21.0. The van der Waals surface area contributed by atoms with Gasteiger partial charge in [0.25, 0.3) is 0 Å². The third-order valence-corrected chi connectivity index (χ3v) is 13.8. The van der Waals surface area contributed by atoms with Crippen molar-refractivity contribution < 1.29 is 28.6 Å². The van der Waals surface area contributed by atoms with E-state index in [4.69, 9.17) is 14.2 Å². The summed E-state index contributed by atoms with van der Waals surface area (Å²) in [5.74, 6) is -0.880. The lowest BCUT2D eigenvalue weighted by Crippen LogP contribution is -2.30. The van der Waals surface area contributed by atoms with E-state index in [1.165, 1.54) is 205 Å². The number of ether oxygens (including phenoxy) is 3. The molecule has 0 N–H and O–H groups in total. The largest absolute Gasteiger partial charge is 0.462 e. The monoisotopic (exact) mass is 983 g/mol. The molecule has 0 radical (unpaired) electrons. The predicted molar refractivity (Wildman–Crippen MR) is 302 cm³/mol. The summed E-state index contributed by atoms with van der Waals surface area (Å²) in [4.78, 5) is 38.2. The Morgan fingerprint density at radius 3 is 0.857 bits per heavy atom. The van der Waals surface area contributed by atoms with Crippen molar-refractivity contribution in [1.29, 1.82) is 0 Å². The maximum absolute atomic E-state index is 12.9. The minimum atomic E-state index is -0.780. The van der Waals surface area contributed by atoms with Crippen LogP contribution in [0.3, 0.4) is 0 Å². The minimum absolute atomic E-state index is 0.0762. The van der Waals surface area contributed by atoms with Gasteiger partial charge in [-0.3, -0.25) is 14.4 Å². The number of hydrogen-bond acceptors (Lipinski definition) is 6. The van der Waals surface area contributed by atoms with Crippen LogP contribution in [0.5, 0.6) is 0 Å². The topological polar surface area (TPSA) is 78.9 Å². The summed E-state index contributed by atoms with van der Waals surface area (Å²) in [6, 6.07) is 0. The van der Waals surface area contributed by atoms with E-state index in [0.717, 1.165) is 89.9 Å². The molecule has 6 heteroatoms. The van der Waals surface area contributed by atoms with Crippen molar-refractivity contribution in [3.8, 4) is 0 Å². The number of carbonyl (C=O) groups is 3. The van der Waals surface area contributed by atoms with Crippen LogP contribution in [0.15, 0.2) is 36.5 Å². The standard InChI is InChI=1S/C64H118O6/c1-4-7-10-13-16-19-22-25-27-29-30-31-32-33-34-35-37-39-42-45-48-51-54-57-63(66)69-60-61(59-68-62(65)56-53-50-47-44-41-38-24-21-18-15-12-9-6-3)70-64(67)58-55-52-49-46-43-40-36-28-26-23-20-17-14-11-8-5-2/h12,15,21,24,28,36,61H,4-11,13-14,16-20,22-23,25-27,29-35,37-60H2,1-3H3/b15-12-,24-21-,36-28-. The molecule has 0 heterocycles. The molecule has 70 heavy (non-hydrogen) atoms. The normalized spacial score (nSPS) is 12.2.